The topological polar surface area (TPSA) is 32.3 Å². The van der Waals surface area contributed by atoms with Crippen LogP contribution >= 0.6 is 0 Å². The van der Waals surface area contributed by atoms with Crippen LogP contribution in [0.4, 0.5) is 4.39 Å². The van der Waals surface area contributed by atoms with Crippen molar-refractivity contribution in [1.82, 2.24) is 10.2 Å². The average molecular weight is 312 g/mol. The summed E-state index contributed by atoms with van der Waals surface area (Å²) in [5, 5.41) is 2.89. The molecule has 0 aliphatic carbocycles. The Morgan fingerprint density at radius 3 is 2.39 bits per heavy atom. The zero-order chi connectivity index (χ0) is 16.7. The lowest BCUT2D eigenvalue weighted by Crippen LogP contribution is -2.37. The number of rotatable bonds is 6. The molecule has 0 heterocycles. The Hall–Kier alpha value is -2.46. The van der Waals surface area contributed by atoms with Gasteiger partial charge in [0, 0.05) is 6.54 Å². The number of hydrogen-bond donors (Lipinski definition) is 1. The lowest BCUT2D eigenvalue weighted by atomic mass is 10.1. The summed E-state index contributed by atoms with van der Waals surface area (Å²) in [7, 11) is 3.65. The van der Waals surface area contributed by atoms with Crippen molar-refractivity contribution < 1.29 is 9.18 Å². The van der Waals surface area contributed by atoms with Gasteiger partial charge in [0.25, 0.3) is 0 Å². The van der Waals surface area contributed by atoms with Crippen LogP contribution in [0.5, 0.6) is 0 Å². The van der Waals surface area contributed by atoms with Crippen molar-refractivity contribution in [2.75, 3.05) is 20.6 Å². The second-order valence-electron chi connectivity index (χ2n) is 5.48. The summed E-state index contributed by atoms with van der Waals surface area (Å²) in [5.74, 6) is -0.420. The molecule has 1 N–H and O–H groups in total. The summed E-state index contributed by atoms with van der Waals surface area (Å²) in [6.45, 7) is 0.444. The predicted octanol–water partition coefficient (Wildman–Crippen LogP) is 3.26. The molecule has 0 saturated carbocycles. The molecule has 0 aromatic heterocycles. The van der Waals surface area contributed by atoms with Gasteiger partial charge >= 0.3 is 0 Å². The fourth-order valence-corrected chi connectivity index (χ4v) is 2.34. The van der Waals surface area contributed by atoms with Gasteiger partial charge in [-0.15, -0.1) is 0 Å². The summed E-state index contributed by atoms with van der Waals surface area (Å²) in [5.41, 5.74) is 1.85. The van der Waals surface area contributed by atoms with Crippen LogP contribution in [0.25, 0.3) is 6.08 Å². The Morgan fingerprint density at radius 2 is 1.78 bits per heavy atom. The Kier molecular flexibility index (Phi) is 6.06. The predicted molar refractivity (Wildman–Crippen MR) is 91.3 cm³/mol. The van der Waals surface area contributed by atoms with Crippen LogP contribution in [0.1, 0.15) is 17.2 Å². The maximum Gasteiger partial charge on any atom is 0.242 e. The molecule has 1 atom stereocenters. The molecule has 2 aromatic carbocycles. The highest BCUT2D eigenvalue weighted by Crippen LogP contribution is 2.18. The third-order valence-electron chi connectivity index (χ3n) is 3.45. The van der Waals surface area contributed by atoms with E-state index in [1.165, 1.54) is 12.1 Å². The fourth-order valence-electron chi connectivity index (χ4n) is 2.34. The molecular formula is C19H21FN2O. The zero-order valence-electron chi connectivity index (χ0n) is 13.4. The van der Waals surface area contributed by atoms with E-state index in [9.17, 15) is 9.18 Å². The number of hydrogen-bond acceptors (Lipinski definition) is 2. The van der Waals surface area contributed by atoms with E-state index in [0.29, 0.717) is 6.54 Å². The van der Waals surface area contributed by atoms with Gasteiger partial charge in [0.1, 0.15) is 11.9 Å². The minimum absolute atomic E-state index is 0.112. The Morgan fingerprint density at radius 1 is 1.13 bits per heavy atom. The molecule has 0 bridgehead atoms. The van der Waals surface area contributed by atoms with Gasteiger partial charge < -0.3 is 5.32 Å². The van der Waals surface area contributed by atoms with Crippen molar-refractivity contribution in [2.45, 2.75) is 6.04 Å². The van der Waals surface area contributed by atoms with Gasteiger partial charge in [0.15, 0.2) is 0 Å². The quantitative estimate of drug-likeness (QED) is 0.888. The normalized spacial score (nSPS) is 12.5. The van der Waals surface area contributed by atoms with E-state index in [-0.39, 0.29) is 11.7 Å². The first-order valence-electron chi connectivity index (χ1n) is 7.49. The molecular weight excluding hydrogens is 291 g/mol. The Balaban J connectivity index is 1.96. The van der Waals surface area contributed by atoms with E-state index >= 15 is 0 Å². The molecule has 1 unspecified atom stereocenters. The summed E-state index contributed by atoms with van der Waals surface area (Å²) in [4.78, 5) is 14.2. The molecule has 120 valence electrons. The van der Waals surface area contributed by atoms with Gasteiger partial charge in [-0.2, -0.15) is 0 Å². The molecule has 0 radical (unpaired) electrons. The third kappa shape index (κ3) is 5.04. The van der Waals surface area contributed by atoms with Crippen LogP contribution in [-0.2, 0) is 4.79 Å². The number of carbonyl (C=O) groups is 1. The smallest absolute Gasteiger partial charge is 0.242 e. The fraction of sp³-hybridized carbons (Fsp3) is 0.211. The minimum Gasteiger partial charge on any atom is -0.351 e. The Labute approximate surface area is 136 Å². The average Bonchev–Trinajstić information content (AvgIpc) is 2.54. The van der Waals surface area contributed by atoms with E-state index in [2.05, 4.69) is 5.32 Å². The molecule has 1 amide bonds. The van der Waals surface area contributed by atoms with Crippen LogP contribution in [0, 0.1) is 5.82 Å². The second-order valence-corrected chi connectivity index (χ2v) is 5.48. The second kappa shape index (κ2) is 8.25. The lowest BCUT2D eigenvalue weighted by Gasteiger charge is -2.23. The molecule has 23 heavy (non-hydrogen) atoms. The number of likely N-dealkylation sites (N-methyl/N-ethyl adjacent to an activating group) is 1. The summed E-state index contributed by atoms with van der Waals surface area (Å²) < 4.78 is 13.0. The molecule has 0 aliphatic heterocycles. The highest BCUT2D eigenvalue weighted by atomic mass is 19.1. The molecule has 2 aromatic rings. The van der Waals surface area contributed by atoms with Crippen LogP contribution < -0.4 is 5.32 Å². The Bertz CT molecular complexity index is 651. The van der Waals surface area contributed by atoms with Gasteiger partial charge in [-0.05, 0) is 37.4 Å². The van der Waals surface area contributed by atoms with Crippen molar-refractivity contribution in [1.29, 1.82) is 0 Å². The molecule has 0 spiro atoms. The van der Waals surface area contributed by atoms with Gasteiger partial charge in [0.2, 0.25) is 5.91 Å². The summed E-state index contributed by atoms with van der Waals surface area (Å²) in [6, 6.07) is 15.5. The number of benzene rings is 2. The van der Waals surface area contributed by atoms with E-state index in [1.807, 2.05) is 61.5 Å². The van der Waals surface area contributed by atoms with Crippen LogP contribution in [0.2, 0.25) is 0 Å². The van der Waals surface area contributed by atoms with Crippen molar-refractivity contribution >= 4 is 12.0 Å². The minimum atomic E-state index is -0.444. The van der Waals surface area contributed by atoms with Crippen molar-refractivity contribution in [3.63, 3.8) is 0 Å². The van der Waals surface area contributed by atoms with Crippen molar-refractivity contribution in [3.05, 3.63) is 77.6 Å². The molecule has 0 saturated heterocycles. The molecule has 0 aliphatic rings. The first-order chi connectivity index (χ1) is 11.1. The maximum atomic E-state index is 13.0. The van der Waals surface area contributed by atoms with Gasteiger partial charge in [-0.1, -0.05) is 54.6 Å². The van der Waals surface area contributed by atoms with Gasteiger partial charge in [-0.3, -0.25) is 9.69 Å². The standard InChI is InChI=1S/C19H21FN2O/c1-22(2)18(16-10-12-17(20)13-11-16)19(23)21-14-6-9-15-7-4-3-5-8-15/h3-13,18H,14H2,1-2H3,(H,21,23). The zero-order valence-corrected chi connectivity index (χ0v) is 13.4. The van der Waals surface area contributed by atoms with E-state index in [1.54, 1.807) is 12.1 Å². The molecule has 0 fully saturated rings. The number of nitrogens with one attached hydrogen (secondary N) is 1. The van der Waals surface area contributed by atoms with Crippen LogP contribution in [-0.4, -0.2) is 31.4 Å². The van der Waals surface area contributed by atoms with Crippen LogP contribution in [0.15, 0.2) is 60.7 Å². The van der Waals surface area contributed by atoms with E-state index in [0.717, 1.165) is 11.1 Å². The molecule has 3 nitrogen and oxygen atoms in total. The first kappa shape index (κ1) is 16.9. The molecule has 4 heteroatoms. The monoisotopic (exact) mass is 312 g/mol. The number of amides is 1. The van der Waals surface area contributed by atoms with E-state index < -0.39 is 6.04 Å². The highest BCUT2D eigenvalue weighted by Gasteiger charge is 2.22. The summed E-state index contributed by atoms with van der Waals surface area (Å²) >= 11 is 0. The maximum absolute atomic E-state index is 13.0. The van der Waals surface area contributed by atoms with E-state index in [4.69, 9.17) is 0 Å². The van der Waals surface area contributed by atoms with Gasteiger partial charge in [0.05, 0.1) is 0 Å². The van der Waals surface area contributed by atoms with Crippen molar-refractivity contribution in [3.8, 4) is 0 Å². The number of halogens is 1. The van der Waals surface area contributed by atoms with Gasteiger partial charge in [-0.25, -0.2) is 4.39 Å². The summed E-state index contributed by atoms with van der Waals surface area (Å²) in [6.07, 6.45) is 3.87. The SMILES string of the molecule is CN(C)C(C(=O)NCC=Cc1ccccc1)c1ccc(F)cc1. The largest absolute Gasteiger partial charge is 0.351 e. The molecule has 2 rings (SSSR count). The number of carbonyl (C=O) groups excluding carboxylic acids is 1. The van der Waals surface area contributed by atoms with Crippen molar-refractivity contribution in [2.24, 2.45) is 0 Å². The number of nitrogens with zero attached hydrogens (tertiary/aromatic N) is 1. The highest BCUT2D eigenvalue weighted by molar-refractivity contribution is 5.83. The third-order valence-corrected chi connectivity index (χ3v) is 3.45. The van der Waals surface area contributed by atoms with Crippen LogP contribution in [0.3, 0.4) is 0 Å². The lowest BCUT2D eigenvalue weighted by molar-refractivity contribution is -0.125. The first-order valence-corrected chi connectivity index (χ1v) is 7.49.